The van der Waals surface area contributed by atoms with Crippen LogP contribution in [0.4, 0.5) is 5.69 Å². The molecule has 0 heterocycles. The highest BCUT2D eigenvalue weighted by Gasteiger charge is 2.04. The average molecular weight is 323 g/mol. The van der Waals surface area contributed by atoms with Crippen LogP contribution in [-0.2, 0) is 11.3 Å². The minimum absolute atomic E-state index is 0.138. The van der Waals surface area contributed by atoms with Crippen LogP contribution in [0.15, 0.2) is 42.5 Å². The second kappa shape index (κ2) is 7.46. The Labute approximate surface area is 134 Å². The van der Waals surface area contributed by atoms with Gasteiger partial charge in [-0.3, -0.25) is 4.79 Å². The molecule has 0 aromatic heterocycles. The summed E-state index contributed by atoms with van der Waals surface area (Å²) in [6, 6.07) is 13.1. The summed E-state index contributed by atoms with van der Waals surface area (Å²) >= 11 is 11.8. The average Bonchev–Trinajstić information content (AvgIpc) is 2.37. The molecule has 0 aliphatic rings. The minimum atomic E-state index is -0.138. The number of carbonyl (C=O) groups excluding carboxylic acids is 1. The fourth-order valence-corrected chi connectivity index (χ4v) is 2.50. The zero-order chi connectivity index (χ0) is 15.2. The third kappa shape index (κ3) is 5.38. The zero-order valence-electron chi connectivity index (χ0n) is 11.6. The predicted octanol–water partition coefficient (Wildman–Crippen LogP) is 4.03. The molecule has 2 aromatic rings. The second-order valence-corrected chi connectivity index (χ2v) is 5.67. The molecule has 2 rings (SSSR count). The zero-order valence-corrected chi connectivity index (χ0v) is 13.1. The van der Waals surface area contributed by atoms with Gasteiger partial charge in [0.25, 0.3) is 0 Å². The third-order valence-corrected chi connectivity index (χ3v) is 3.28. The van der Waals surface area contributed by atoms with E-state index >= 15 is 0 Å². The molecule has 0 atom stereocenters. The van der Waals surface area contributed by atoms with Gasteiger partial charge in [-0.1, -0.05) is 53.0 Å². The molecule has 2 aromatic carbocycles. The Bertz CT molecular complexity index is 624. The van der Waals surface area contributed by atoms with E-state index in [0.29, 0.717) is 22.3 Å². The molecule has 0 fully saturated rings. The molecule has 5 heteroatoms. The van der Waals surface area contributed by atoms with Crippen molar-refractivity contribution < 1.29 is 4.79 Å². The molecular formula is C16H16Cl2N2O. The molecule has 0 spiro atoms. The summed E-state index contributed by atoms with van der Waals surface area (Å²) in [6.45, 7) is 2.91. The maximum atomic E-state index is 11.8. The van der Waals surface area contributed by atoms with Crippen molar-refractivity contribution in [1.29, 1.82) is 0 Å². The first kappa shape index (κ1) is 15.8. The lowest BCUT2D eigenvalue weighted by atomic mass is 10.1. The number of hydrogen-bond donors (Lipinski definition) is 2. The summed E-state index contributed by atoms with van der Waals surface area (Å²) in [5.41, 5.74) is 2.94. The Balaban J connectivity index is 1.82. The summed E-state index contributed by atoms with van der Waals surface area (Å²) in [4.78, 5) is 11.8. The number of nitrogens with one attached hydrogen (secondary N) is 2. The number of amides is 1. The Hall–Kier alpha value is -1.55. The largest absolute Gasteiger partial charge is 0.325 e. The molecule has 21 heavy (non-hydrogen) atoms. The van der Waals surface area contributed by atoms with Crippen molar-refractivity contribution in [2.45, 2.75) is 13.5 Å². The summed E-state index contributed by atoms with van der Waals surface area (Å²) in [7, 11) is 0. The van der Waals surface area contributed by atoms with E-state index in [1.54, 1.807) is 18.2 Å². The van der Waals surface area contributed by atoms with Crippen molar-refractivity contribution in [1.82, 2.24) is 5.32 Å². The van der Waals surface area contributed by atoms with Gasteiger partial charge >= 0.3 is 0 Å². The Morgan fingerprint density at radius 1 is 1.10 bits per heavy atom. The van der Waals surface area contributed by atoms with Gasteiger partial charge in [0.1, 0.15) is 0 Å². The number of benzene rings is 2. The Morgan fingerprint density at radius 2 is 1.81 bits per heavy atom. The lowest BCUT2D eigenvalue weighted by Gasteiger charge is -2.08. The van der Waals surface area contributed by atoms with Crippen LogP contribution >= 0.6 is 23.2 Å². The molecule has 0 unspecified atom stereocenters. The highest BCUT2D eigenvalue weighted by molar-refractivity contribution is 6.35. The monoisotopic (exact) mass is 322 g/mol. The van der Waals surface area contributed by atoms with Crippen molar-refractivity contribution in [2.75, 3.05) is 11.9 Å². The molecule has 3 nitrogen and oxygen atoms in total. The van der Waals surface area contributed by atoms with E-state index in [2.05, 4.69) is 16.7 Å². The molecule has 0 radical (unpaired) electrons. The third-order valence-electron chi connectivity index (χ3n) is 2.84. The van der Waals surface area contributed by atoms with Gasteiger partial charge in [-0.2, -0.15) is 0 Å². The highest BCUT2D eigenvalue weighted by atomic mass is 35.5. The molecular weight excluding hydrogens is 307 g/mol. The predicted molar refractivity (Wildman–Crippen MR) is 88.0 cm³/mol. The molecule has 0 saturated carbocycles. The summed E-state index contributed by atoms with van der Waals surface area (Å²) in [5, 5.41) is 6.83. The number of rotatable bonds is 5. The van der Waals surface area contributed by atoms with Gasteiger partial charge in [0.05, 0.1) is 6.54 Å². The van der Waals surface area contributed by atoms with E-state index in [-0.39, 0.29) is 12.5 Å². The van der Waals surface area contributed by atoms with Crippen LogP contribution in [0.3, 0.4) is 0 Å². The number of hydrogen-bond acceptors (Lipinski definition) is 2. The molecule has 0 aliphatic carbocycles. The first-order valence-corrected chi connectivity index (χ1v) is 7.31. The number of aryl methyl sites for hydroxylation is 1. The van der Waals surface area contributed by atoms with Gasteiger partial charge in [0.15, 0.2) is 0 Å². The molecule has 1 amide bonds. The van der Waals surface area contributed by atoms with E-state index in [1.807, 2.05) is 25.1 Å². The quantitative estimate of drug-likeness (QED) is 0.872. The molecule has 2 N–H and O–H groups in total. The van der Waals surface area contributed by atoms with Crippen LogP contribution in [-0.4, -0.2) is 12.5 Å². The number of carbonyl (C=O) groups is 1. The fraction of sp³-hybridized carbons (Fsp3) is 0.188. The van der Waals surface area contributed by atoms with Gasteiger partial charge in [0, 0.05) is 22.3 Å². The summed E-state index contributed by atoms with van der Waals surface area (Å²) < 4.78 is 0. The molecule has 0 saturated heterocycles. The summed E-state index contributed by atoms with van der Waals surface area (Å²) in [5.74, 6) is -0.138. The Morgan fingerprint density at radius 3 is 2.48 bits per heavy atom. The van der Waals surface area contributed by atoms with E-state index in [4.69, 9.17) is 23.2 Å². The maximum Gasteiger partial charge on any atom is 0.238 e. The van der Waals surface area contributed by atoms with Crippen LogP contribution in [0.2, 0.25) is 10.0 Å². The van der Waals surface area contributed by atoms with Gasteiger partial charge in [0.2, 0.25) is 5.91 Å². The van der Waals surface area contributed by atoms with Crippen LogP contribution in [0.1, 0.15) is 11.1 Å². The lowest BCUT2D eigenvalue weighted by molar-refractivity contribution is -0.115. The van der Waals surface area contributed by atoms with Gasteiger partial charge in [-0.05, 0) is 30.7 Å². The van der Waals surface area contributed by atoms with Crippen molar-refractivity contribution in [3.05, 3.63) is 63.6 Å². The smallest absolute Gasteiger partial charge is 0.238 e. The van der Waals surface area contributed by atoms with Crippen LogP contribution in [0, 0.1) is 6.92 Å². The first-order valence-electron chi connectivity index (χ1n) is 6.55. The van der Waals surface area contributed by atoms with E-state index in [0.717, 1.165) is 5.56 Å². The minimum Gasteiger partial charge on any atom is -0.325 e. The van der Waals surface area contributed by atoms with Crippen molar-refractivity contribution in [3.63, 3.8) is 0 Å². The maximum absolute atomic E-state index is 11.8. The van der Waals surface area contributed by atoms with Crippen molar-refractivity contribution in [3.8, 4) is 0 Å². The van der Waals surface area contributed by atoms with Gasteiger partial charge in [-0.15, -0.1) is 0 Å². The van der Waals surface area contributed by atoms with E-state index < -0.39 is 0 Å². The highest BCUT2D eigenvalue weighted by Crippen LogP contribution is 2.22. The fourth-order valence-electron chi connectivity index (χ4n) is 1.97. The SMILES string of the molecule is Cc1cccc(CNCC(=O)Nc2cc(Cl)cc(Cl)c2)c1. The normalized spacial score (nSPS) is 10.4. The summed E-state index contributed by atoms with van der Waals surface area (Å²) in [6.07, 6.45) is 0. The topological polar surface area (TPSA) is 41.1 Å². The van der Waals surface area contributed by atoms with Crippen molar-refractivity contribution in [2.24, 2.45) is 0 Å². The van der Waals surface area contributed by atoms with Crippen LogP contribution in [0.25, 0.3) is 0 Å². The Kier molecular flexibility index (Phi) is 5.62. The molecule has 0 bridgehead atoms. The molecule has 110 valence electrons. The first-order chi connectivity index (χ1) is 10.0. The van der Waals surface area contributed by atoms with E-state index in [9.17, 15) is 4.79 Å². The van der Waals surface area contributed by atoms with Gasteiger partial charge in [-0.25, -0.2) is 0 Å². The van der Waals surface area contributed by atoms with E-state index in [1.165, 1.54) is 5.56 Å². The van der Waals surface area contributed by atoms with Crippen LogP contribution < -0.4 is 10.6 Å². The second-order valence-electron chi connectivity index (χ2n) is 4.80. The molecule has 0 aliphatic heterocycles. The van der Waals surface area contributed by atoms with Crippen LogP contribution in [0.5, 0.6) is 0 Å². The number of anilines is 1. The standard InChI is InChI=1S/C16H16Cl2N2O/c1-11-3-2-4-12(5-11)9-19-10-16(21)20-15-7-13(17)6-14(18)8-15/h2-8,19H,9-10H2,1H3,(H,20,21). The van der Waals surface area contributed by atoms with Crippen molar-refractivity contribution >= 4 is 34.8 Å². The van der Waals surface area contributed by atoms with Gasteiger partial charge < -0.3 is 10.6 Å². The lowest BCUT2D eigenvalue weighted by Crippen LogP contribution is -2.27. The number of halogens is 2.